The summed E-state index contributed by atoms with van der Waals surface area (Å²) < 4.78 is 1.90. The number of nitrogens with zero attached hydrogens (tertiary/aromatic N) is 5. The number of rotatable bonds is 5. The number of aromatic nitrogens is 6. The van der Waals surface area contributed by atoms with Crippen LogP contribution in [-0.2, 0) is 6.54 Å². The highest BCUT2D eigenvalue weighted by Gasteiger charge is 2.36. The van der Waals surface area contributed by atoms with Crippen LogP contribution in [0.3, 0.4) is 0 Å². The van der Waals surface area contributed by atoms with Gasteiger partial charge in [0.05, 0.1) is 24.0 Å². The summed E-state index contributed by atoms with van der Waals surface area (Å²) in [6.45, 7) is 2.33. The van der Waals surface area contributed by atoms with E-state index in [0.29, 0.717) is 24.9 Å². The van der Waals surface area contributed by atoms with Gasteiger partial charge in [0.25, 0.3) is 5.91 Å². The molecule has 0 bridgehead atoms. The van der Waals surface area contributed by atoms with E-state index in [9.17, 15) is 9.90 Å². The van der Waals surface area contributed by atoms with Gasteiger partial charge in [0.15, 0.2) is 5.65 Å². The van der Waals surface area contributed by atoms with Crippen LogP contribution in [0.4, 0.5) is 0 Å². The Morgan fingerprint density at radius 3 is 3.00 bits per heavy atom. The van der Waals surface area contributed by atoms with E-state index in [2.05, 4.69) is 30.5 Å². The lowest BCUT2D eigenvalue weighted by Gasteiger charge is -2.37. The van der Waals surface area contributed by atoms with Crippen molar-refractivity contribution in [3.8, 4) is 11.3 Å². The second-order valence-corrected chi connectivity index (χ2v) is 9.73. The molecule has 1 aromatic carbocycles. The fraction of sp³-hybridized carbons (Fsp3) is 0.296. The summed E-state index contributed by atoms with van der Waals surface area (Å²) >= 11 is 0. The van der Waals surface area contributed by atoms with Gasteiger partial charge >= 0.3 is 0 Å². The molecule has 2 atom stereocenters. The molecule has 0 saturated heterocycles. The van der Waals surface area contributed by atoms with Crippen LogP contribution in [0.2, 0.25) is 0 Å². The van der Waals surface area contributed by atoms with Gasteiger partial charge in [-0.05, 0) is 75.1 Å². The van der Waals surface area contributed by atoms with E-state index in [1.807, 2.05) is 47.9 Å². The minimum absolute atomic E-state index is 0.124. The molecule has 36 heavy (non-hydrogen) atoms. The smallest absolute Gasteiger partial charge is 0.251 e. The third kappa shape index (κ3) is 4.22. The summed E-state index contributed by atoms with van der Waals surface area (Å²) in [7, 11) is 0. The number of hydrogen-bond donors (Lipinski definition) is 3. The second-order valence-electron chi connectivity index (χ2n) is 9.73. The van der Waals surface area contributed by atoms with Crippen LogP contribution in [-0.4, -0.2) is 52.4 Å². The molecule has 6 rings (SSSR count). The molecule has 0 radical (unpaired) electrons. The highest BCUT2D eigenvalue weighted by molar-refractivity contribution is 6.01. The highest BCUT2D eigenvalue weighted by atomic mass is 16.3. The number of aryl methyl sites for hydroxylation is 1. The molecule has 0 spiro atoms. The first-order valence-electron chi connectivity index (χ1n) is 12.2. The molecule has 4 heterocycles. The maximum Gasteiger partial charge on any atom is 0.251 e. The third-order valence-electron chi connectivity index (χ3n) is 6.99. The SMILES string of the molecule is Cc1cc(-c2n[nH]c3ccc(C(=O)N[C@H]4CCC[C@@](O)(Cn5cnc6cccnc65)C4)cc23)ccn1. The van der Waals surface area contributed by atoms with Gasteiger partial charge in [-0.3, -0.25) is 14.9 Å². The Balaban J connectivity index is 1.20. The molecule has 1 amide bonds. The number of nitrogens with one attached hydrogen (secondary N) is 2. The van der Waals surface area contributed by atoms with Gasteiger partial charge in [0.2, 0.25) is 0 Å². The molecule has 0 unspecified atom stereocenters. The predicted octanol–water partition coefficient (Wildman–Crippen LogP) is 3.78. The van der Waals surface area contributed by atoms with Gasteiger partial charge < -0.3 is 15.0 Å². The first-order chi connectivity index (χ1) is 17.5. The molecule has 1 fully saturated rings. The molecule has 1 saturated carbocycles. The molecular weight excluding hydrogens is 454 g/mol. The quantitative estimate of drug-likeness (QED) is 0.351. The minimum atomic E-state index is -0.942. The number of H-pyrrole nitrogens is 1. The number of carbonyl (C=O) groups excluding carboxylic acids is 1. The molecule has 1 aliphatic rings. The monoisotopic (exact) mass is 481 g/mol. The molecule has 0 aliphatic heterocycles. The first-order valence-corrected chi connectivity index (χ1v) is 12.2. The molecule has 182 valence electrons. The molecule has 4 aromatic heterocycles. The van der Waals surface area contributed by atoms with Gasteiger partial charge in [-0.25, -0.2) is 9.97 Å². The average Bonchev–Trinajstić information content (AvgIpc) is 3.48. The molecule has 9 heteroatoms. The Morgan fingerprint density at radius 2 is 2.11 bits per heavy atom. The fourth-order valence-corrected chi connectivity index (χ4v) is 5.27. The average molecular weight is 482 g/mol. The highest BCUT2D eigenvalue weighted by Crippen LogP contribution is 2.32. The van der Waals surface area contributed by atoms with Crippen molar-refractivity contribution in [3.63, 3.8) is 0 Å². The lowest BCUT2D eigenvalue weighted by atomic mass is 9.81. The van der Waals surface area contributed by atoms with Crippen molar-refractivity contribution in [3.05, 3.63) is 72.4 Å². The van der Waals surface area contributed by atoms with Gasteiger partial charge in [-0.2, -0.15) is 5.10 Å². The Morgan fingerprint density at radius 1 is 1.19 bits per heavy atom. The van der Waals surface area contributed by atoms with Crippen LogP contribution in [0, 0.1) is 6.92 Å². The molecular formula is C27H27N7O2. The number of fused-ring (bicyclic) bond motifs is 2. The topological polar surface area (TPSA) is 122 Å². The molecule has 5 aromatic rings. The fourth-order valence-electron chi connectivity index (χ4n) is 5.27. The van der Waals surface area contributed by atoms with Crippen molar-refractivity contribution in [2.75, 3.05) is 0 Å². The van der Waals surface area contributed by atoms with Crippen LogP contribution in [0.1, 0.15) is 41.7 Å². The van der Waals surface area contributed by atoms with Crippen molar-refractivity contribution in [2.45, 2.75) is 50.8 Å². The van der Waals surface area contributed by atoms with Gasteiger partial charge in [-0.1, -0.05) is 0 Å². The van der Waals surface area contributed by atoms with Gasteiger partial charge in [0, 0.05) is 40.6 Å². The molecule has 3 N–H and O–H groups in total. The number of carbonyl (C=O) groups is 1. The summed E-state index contributed by atoms with van der Waals surface area (Å²) in [5, 5.41) is 23.0. The summed E-state index contributed by atoms with van der Waals surface area (Å²) in [4.78, 5) is 26.3. The summed E-state index contributed by atoms with van der Waals surface area (Å²) in [5.41, 5.74) is 4.69. The Labute approximate surface area is 207 Å². The largest absolute Gasteiger partial charge is 0.388 e. The zero-order valence-electron chi connectivity index (χ0n) is 20.0. The molecule has 1 aliphatic carbocycles. The van der Waals surface area contributed by atoms with Crippen molar-refractivity contribution in [1.82, 2.24) is 35.0 Å². The normalized spacial score (nSPS) is 20.1. The summed E-state index contributed by atoms with van der Waals surface area (Å²) in [6, 6.07) is 13.1. The number of amides is 1. The maximum absolute atomic E-state index is 13.2. The number of aromatic amines is 1. The van der Waals surface area contributed by atoms with Crippen molar-refractivity contribution < 1.29 is 9.90 Å². The predicted molar refractivity (Wildman–Crippen MR) is 136 cm³/mol. The lowest BCUT2D eigenvalue weighted by Crippen LogP contribution is -2.47. The van der Waals surface area contributed by atoms with Crippen molar-refractivity contribution in [1.29, 1.82) is 0 Å². The maximum atomic E-state index is 13.2. The van der Waals surface area contributed by atoms with Crippen LogP contribution in [0.25, 0.3) is 33.3 Å². The minimum Gasteiger partial charge on any atom is -0.388 e. The zero-order chi connectivity index (χ0) is 24.7. The Hall–Kier alpha value is -4.11. The van der Waals surface area contributed by atoms with E-state index >= 15 is 0 Å². The number of benzene rings is 1. The van der Waals surface area contributed by atoms with E-state index in [4.69, 9.17) is 0 Å². The standard InChI is InChI=1S/C27H27N7O2/c1-17-12-18(8-11-28-17)24-21-13-19(6-7-22(21)32-33-24)26(35)31-20-4-2-9-27(36,14-20)15-34-16-30-23-5-3-10-29-25(23)34/h3,5-8,10-13,16,20,36H,2,4,9,14-15H2,1H3,(H,31,35)(H,32,33)/t20-,27-/m0/s1. The number of hydrogen-bond acceptors (Lipinski definition) is 6. The third-order valence-corrected chi connectivity index (χ3v) is 6.99. The Kier molecular flexibility index (Phi) is 5.49. The van der Waals surface area contributed by atoms with E-state index < -0.39 is 5.60 Å². The van der Waals surface area contributed by atoms with Crippen molar-refractivity contribution in [2.24, 2.45) is 0 Å². The summed E-state index contributed by atoms with van der Waals surface area (Å²) in [5.74, 6) is -0.154. The summed E-state index contributed by atoms with van der Waals surface area (Å²) in [6.07, 6.45) is 8.00. The van der Waals surface area contributed by atoms with Crippen LogP contribution >= 0.6 is 0 Å². The Bertz CT molecular complexity index is 1570. The van der Waals surface area contributed by atoms with Crippen molar-refractivity contribution >= 4 is 28.0 Å². The van der Waals surface area contributed by atoms with Gasteiger partial charge in [0.1, 0.15) is 11.2 Å². The second kappa shape index (κ2) is 8.83. The van der Waals surface area contributed by atoms with E-state index in [0.717, 1.165) is 51.9 Å². The van der Waals surface area contributed by atoms with E-state index in [1.54, 1.807) is 24.8 Å². The van der Waals surface area contributed by atoms with Crippen LogP contribution in [0.5, 0.6) is 0 Å². The number of aliphatic hydroxyl groups is 1. The van der Waals surface area contributed by atoms with E-state index in [1.165, 1.54) is 0 Å². The molecule has 9 nitrogen and oxygen atoms in total. The van der Waals surface area contributed by atoms with Crippen LogP contribution < -0.4 is 5.32 Å². The number of pyridine rings is 2. The lowest BCUT2D eigenvalue weighted by molar-refractivity contribution is -0.0204. The van der Waals surface area contributed by atoms with E-state index in [-0.39, 0.29) is 11.9 Å². The van der Waals surface area contributed by atoms with Crippen LogP contribution in [0.15, 0.2) is 61.2 Å². The van der Waals surface area contributed by atoms with Gasteiger partial charge in [-0.15, -0.1) is 0 Å². The first kappa shape index (κ1) is 22.4. The zero-order valence-corrected chi connectivity index (χ0v) is 20.0. The number of imidazole rings is 1.